The second-order valence-electron chi connectivity index (χ2n) is 5.16. The van der Waals surface area contributed by atoms with E-state index in [1.54, 1.807) is 29.5 Å². The van der Waals surface area contributed by atoms with E-state index >= 15 is 0 Å². The number of carbonyl (C=O) groups excluding carboxylic acids is 1. The molecule has 1 amide bonds. The van der Waals surface area contributed by atoms with Gasteiger partial charge < -0.3 is 5.11 Å². The number of amides is 1. The number of rotatable bonds is 3. The summed E-state index contributed by atoms with van der Waals surface area (Å²) < 4.78 is 0.838. The van der Waals surface area contributed by atoms with E-state index in [0.717, 1.165) is 29.3 Å². The number of aromatic hydroxyl groups is 1. The normalized spacial score (nSPS) is 14.0. The summed E-state index contributed by atoms with van der Waals surface area (Å²) in [6, 6.07) is 5.04. The molecule has 22 heavy (non-hydrogen) atoms. The topological polar surface area (TPSA) is 61.7 Å². The Balaban J connectivity index is 1.71. The molecule has 114 valence electrons. The van der Waals surface area contributed by atoms with Gasteiger partial charge in [-0.05, 0) is 49.4 Å². The molecular weight excluding hydrogens is 364 g/mol. The number of fused-ring (bicyclic) bond motifs is 1. The third-order valence-electron chi connectivity index (χ3n) is 3.67. The molecule has 0 atom stereocenters. The zero-order chi connectivity index (χ0) is 15.5. The van der Waals surface area contributed by atoms with Crippen LogP contribution in [0.25, 0.3) is 0 Å². The van der Waals surface area contributed by atoms with Crippen LogP contribution in [0.4, 0.5) is 0 Å². The number of hydrazone groups is 1. The Morgan fingerprint density at radius 3 is 3.05 bits per heavy atom. The molecule has 0 saturated heterocycles. The number of benzene rings is 1. The zero-order valence-corrected chi connectivity index (χ0v) is 14.2. The molecule has 0 unspecified atom stereocenters. The van der Waals surface area contributed by atoms with Crippen molar-refractivity contribution in [1.29, 1.82) is 0 Å². The number of nitrogens with zero attached hydrogens (tertiary/aromatic N) is 1. The maximum Gasteiger partial charge on any atom is 0.272 e. The van der Waals surface area contributed by atoms with Gasteiger partial charge in [-0.1, -0.05) is 15.9 Å². The molecule has 1 aromatic carbocycles. The number of aryl methyl sites for hydroxylation is 1. The number of halogens is 1. The van der Waals surface area contributed by atoms with E-state index in [9.17, 15) is 9.90 Å². The maximum atomic E-state index is 12.2. The molecule has 1 aliphatic carbocycles. The number of phenolic OH excluding ortho intramolecular Hbond substituents is 1. The van der Waals surface area contributed by atoms with Crippen LogP contribution >= 0.6 is 27.3 Å². The Bertz CT molecular complexity index is 740. The van der Waals surface area contributed by atoms with Crippen LogP contribution < -0.4 is 5.43 Å². The highest BCUT2D eigenvalue weighted by Gasteiger charge is 2.19. The van der Waals surface area contributed by atoms with E-state index in [1.165, 1.54) is 23.1 Å². The first-order valence-corrected chi connectivity index (χ1v) is 8.73. The average Bonchev–Trinajstić information content (AvgIpc) is 2.94. The highest BCUT2D eigenvalue weighted by molar-refractivity contribution is 9.10. The van der Waals surface area contributed by atoms with Crippen LogP contribution in [0.1, 0.15) is 39.2 Å². The van der Waals surface area contributed by atoms with E-state index in [1.807, 2.05) is 5.38 Å². The summed E-state index contributed by atoms with van der Waals surface area (Å²) in [4.78, 5) is 13.6. The molecule has 6 heteroatoms. The Morgan fingerprint density at radius 1 is 1.36 bits per heavy atom. The number of carbonyl (C=O) groups is 1. The molecular formula is C16H15BrN2O2S. The molecule has 4 nitrogen and oxygen atoms in total. The quantitative estimate of drug-likeness (QED) is 0.629. The fraction of sp³-hybridized carbons (Fsp3) is 0.250. The molecule has 2 aromatic rings. The van der Waals surface area contributed by atoms with E-state index in [2.05, 4.69) is 26.5 Å². The van der Waals surface area contributed by atoms with Gasteiger partial charge in [0.25, 0.3) is 5.91 Å². The van der Waals surface area contributed by atoms with Crippen molar-refractivity contribution in [2.45, 2.75) is 25.7 Å². The van der Waals surface area contributed by atoms with Crippen molar-refractivity contribution in [2.24, 2.45) is 5.10 Å². The Morgan fingerprint density at radius 2 is 2.18 bits per heavy atom. The molecule has 1 aromatic heterocycles. The maximum absolute atomic E-state index is 12.2. The average molecular weight is 379 g/mol. The van der Waals surface area contributed by atoms with Crippen molar-refractivity contribution in [3.63, 3.8) is 0 Å². The second-order valence-corrected chi connectivity index (χ2v) is 7.04. The standard InChI is InChI=1S/C16H15BrN2O2S/c17-11-5-6-14(20)10(7-11)8-18-19-16(21)13-9-22-15-4-2-1-3-12(13)15/h5-9,20H,1-4H2,(H,19,21)/b18-8+. The predicted octanol–water partition coefficient (Wildman–Crippen LogP) is 3.86. The van der Waals surface area contributed by atoms with Gasteiger partial charge in [-0.15, -0.1) is 11.3 Å². The van der Waals surface area contributed by atoms with E-state index in [4.69, 9.17) is 0 Å². The third-order valence-corrected chi connectivity index (χ3v) is 5.25. The molecule has 0 fully saturated rings. The molecule has 1 aliphatic rings. The Hall–Kier alpha value is -1.66. The van der Waals surface area contributed by atoms with E-state index in [-0.39, 0.29) is 11.7 Å². The van der Waals surface area contributed by atoms with Gasteiger partial charge in [-0.25, -0.2) is 5.43 Å². The summed E-state index contributed by atoms with van der Waals surface area (Å²) in [5.41, 5.74) is 4.99. The smallest absolute Gasteiger partial charge is 0.272 e. The van der Waals surface area contributed by atoms with E-state index < -0.39 is 0 Å². The Kier molecular flexibility index (Phi) is 4.59. The van der Waals surface area contributed by atoms with Crippen LogP contribution in [0.15, 0.2) is 33.2 Å². The number of thiophene rings is 1. The van der Waals surface area contributed by atoms with Gasteiger partial charge in [0.1, 0.15) is 5.75 Å². The number of hydrogen-bond acceptors (Lipinski definition) is 4. The first kappa shape index (κ1) is 15.2. The molecule has 3 rings (SSSR count). The Labute approximate surface area is 141 Å². The van der Waals surface area contributed by atoms with Crippen molar-refractivity contribution >= 4 is 39.4 Å². The van der Waals surface area contributed by atoms with Crippen LogP contribution in [0.3, 0.4) is 0 Å². The monoisotopic (exact) mass is 378 g/mol. The minimum Gasteiger partial charge on any atom is -0.507 e. The fourth-order valence-corrected chi connectivity index (χ4v) is 4.04. The zero-order valence-electron chi connectivity index (χ0n) is 11.8. The van der Waals surface area contributed by atoms with Crippen molar-refractivity contribution in [1.82, 2.24) is 5.43 Å². The highest BCUT2D eigenvalue weighted by atomic mass is 79.9. The molecule has 0 spiro atoms. The lowest BCUT2D eigenvalue weighted by Crippen LogP contribution is -2.19. The van der Waals surface area contributed by atoms with Crippen molar-refractivity contribution < 1.29 is 9.90 Å². The van der Waals surface area contributed by atoms with Crippen LogP contribution in [0, 0.1) is 0 Å². The van der Waals surface area contributed by atoms with Gasteiger partial charge in [0, 0.05) is 20.3 Å². The summed E-state index contributed by atoms with van der Waals surface area (Å²) in [7, 11) is 0. The van der Waals surface area contributed by atoms with Crippen LogP contribution in [-0.2, 0) is 12.8 Å². The summed E-state index contributed by atoms with van der Waals surface area (Å²) in [5, 5.41) is 15.6. The molecule has 0 bridgehead atoms. The van der Waals surface area contributed by atoms with Crippen molar-refractivity contribution in [3.8, 4) is 5.75 Å². The summed E-state index contributed by atoms with van der Waals surface area (Å²) in [5.74, 6) is -0.0701. The number of phenols is 1. The minimum absolute atomic E-state index is 0.120. The van der Waals surface area contributed by atoms with Crippen molar-refractivity contribution in [2.75, 3.05) is 0 Å². The molecule has 0 radical (unpaired) electrons. The van der Waals surface area contributed by atoms with Gasteiger partial charge in [0.05, 0.1) is 11.8 Å². The van der Waals surface area contributed by atoms with Gasteiger partial charge in [-0.3, -0.25) is 4.79 Å². The van der Waals surface area contributed by atoms with Crippen LogP contribution in [-0.4, -0.2) is 17.2 Å². The minimum atomic E-state index is -0.190. The van der Waals surface area contributed by atoms with Crippen LogP contribution in [0.2, 0.25) is 0 Å². The summed E-state index contributed by atoms with van der Waals surface area (Å²) >= 11 is 4.99. The van der Waals surface area contributed by atoms with Gasteiger partial charge in [0.2, 0.25) is 0 Å². The molecule has 1 heterocycles. The second kappa shape index (κ2) is 6.62. The predicted molar refractivity (Wildman–Crippen MR) is 91.8 cm³/mol. The van der Waals surface area contributed by atoms with Gasteiger partial charge >= 0.3 is 0 Å². The molecule has 0 aliphatic heterocycles. The SMILES string of the molecule is O=C(N/N=C/c1cc(Br)ccc1O)c1csc2c1CCCC2. The van der Waals surface area contributed by atoms with E-state index in [0.29, 0.717) is 5.56 Å². The summed E-state index contributed by atoms with van der Waals surface area (Å²) in [6.07, 6.45) is 5.82. The fourth-order valence-electron chi connectivity index (χ4n) is 2.53. The lowest BCUT2D eigenvalue weighted by atomic mass is 9.96. The first-order chi connectivity index (χ1) is 10.6. The molecule has 2 N–H and O–H groups in total. The lowest BCUT2D eigenvalue weighted by Gasteiger charge is -2.11. The number of nitrogens with one attached hydrogen (secondary N) is 1. The molecule has 0 saturated carbocycles. The largest absolute Gasteiger partial charge is 0.507 e. The van der Waals surface area contributed by atoms with Gasteiger partial charge in [0.15, 0.2) is 0 Å². The number of hydrogen-bond donors (Lipinski definition) is 2. The lowest BCUT2D eigenvalue weighted by molar-refractivity contribution is 0.0954. The summed E-state index contributed by atoms with van der Waals surface area (Å²) in [6.45, 7) is 0. The van der Waals surface area contributed by atoms with Gasteiger partial charge in [-0.2, -0.15) is 5.10 Å². The van der Waals surface area contributed by atoms with Crippen LogP contribution in [0.5, 0.6) is 5.75 Å². The first-order valence-electron chi connectivity index (χ1n) is 7.06. The third kappa shape index (κ3) is 3.23. The highest BCUT2D eigenvalue weighted by Crippen LogP contribution is 2.30. The van der Waals surface area contributed by atoms with Crippen molar-refractivity contribution in [3.05, 3.63) is 49.6 Å².